The van der Waals surface area contributed by atoms with Crippen LogP contribution in [0.3, 0.4) is 0 Å². The minimum absolute atomic E-state index is 0. The van der Waals surface area contributed by atoms with E-state index in [9.17, 15) is 0 Å². The molecule has 0 aromatic heterocycles. The van der Waals surface area contributed by atoms with Crippen LogP contribution < -0.4 is 12.3 Å². The summed E-state index contributed by atoms with van der Waals surface area (Å²) in [6.07, 6.45) is 9.36. The predicted octanol–water partition coefficient (Wildman–Crippen LogP) is 1.63. The Bertz CT molecular complexity index is 62.2. The molecule has 0 N–H and O–H groups in total. The van der Waals surface area contributed by atoms with Gasteiger partial charge in [-0.1, -0.05) is 38.5 Å². The number of fused-ring (bicyclic) bond motifs is 3. The number of hydrogen-bond acceptors (Lipinski definition) is 0. The van der Waals surface area contributed by atoms with E-state index in [1.165, 1.54) is 0 Å². The molecule has 2 bridgehead atoms. The zero-order valence-electron chi connectivity index (χ0n) is 6.29. The molecule has 0 saturated heterocycles. The van der Waals surface area contributed by atoms with Crippen LogP contribution in [0.2, 0.25) is 0 Å². The predicted molar refractivity (Wildman–Crippen MR) is 39.0 cm³/mol. The lowest BCUT2D eigenvalue weighted by molar-refractivity contribution is 0.176. The molecule has 0 aromatic rings. The van der Waals surface area contributed by atoms with E-state index in [0.717, 1.165) is 11.8 Å². The maximum absolute atomic E-state index is 1.56. The first-order valence-electron chi connectivity index (χ1n) is 3.95. The molecule has 6 radical (unpaired) electrons. The van der Waals surface area contributed by atoms with E-state index < -0.39 is 0 Å². The van der Waals surface area contributed by atoms with Gasteiger partial charge in [0.25, 0.3) is 0 Å². The molecule has 0 heterocycles. The lowest BCUT2D eigenvalue weighted by atomic mass is 9.71. The molecule has 10 heavy (non-hydrogen) atoms. The van der Waals surface area contributed by atoms with Crippen LogP contribution in [0.15, 0.2) is 0 Å². The monoisotopic (exact) mass is 138 g/mol. The molecule has 3 aliphatic carbocycles. The van der Waals surface area contributed by atoms with Gasteiger partial charge in [-0.15, -0.1) is 0 Å². The Balaban J connectivity index is 0.000000405. The van der Waals surface area contributed by atoms with E-state index in [1.807, 2.05) is 0 Å². The number of rotatable bonds is 0. The summed E-state index contributed by atoms with van der Waals surface area (Å²) < 4.78 is 0. The van der Waals surface area contributed by atoms with Crippen LogP contribution in [0.4, 0.5) is 0 Å². The third-order valence-electron chi connectivity index (χ3n) is 2.95. The maximum Gasteiger partial charge on any atom is 0 e. The van der Waals surface area contributed by atoms with Gasteiger partial charge < -0.3 is 0 Å². The van der Waals surface area contributed by atoms with Crippen LogP contribution in [-0.2, 0) is 0 Å². The molecule has 3 saturated carbocycles. The summed E-state index contributed by atoms with van der Waals surface area (Å²) in [7, 11) is 0. The van der Waals surface area contributed by atoms with Crippen molar-refractivity contribution in [1.82, 2.24) is 12.3 Å². The maximum atomic E-state index is 1.56. The molecular weight excluding hydrogens is 124 g/mol. The van der Waals surface area contributed by atoms with Crippen molar-refractivity contribution < 1.29 is 0 Å². The molecule has 2 heteroatoms. The highest BCUT2D eigenvalue weighted by Gasteiger charge is 2.26. The molecule has 0 unspecified atom stereocenters. The first-order valence-corrected chi connectivity index (χ1v) is 3.95. The van der Waals surface area contributed by atoms with Crippen molar-refractivity contribution in [3.8, 4) is 0 Å². The van der Waals surface area contributed by atoms with Crippen LogP contribution in [0.5, 0.6) is 0 Å². The topological polar surface area (TPSA) is 61.0 Å². The van der Waals surface area contributed by atoms with Gasteiger partial charge in [0, 0.05) is 12.3 Å². The standard InChI is InChI=1S/C8H14.2N/c1-2-8-5-3-7(1)4-6-8;;/h7-8H,1-6H2;;. The summed E-state index contributed by atoms with van der Waals surface area (Å²) in [5, 5.41) is 0. The minimum atomic E-state index is 0. The van der Waals surface area contributed by atoms with E-state index in [-0.39, 0.29) is 12.3 Å². The lowest BCUT2D eigenvalue weighted by Crippen LogP contribution is -2.21. The minimum Gasteiger partial charge on any atom is -0.0502 e. The SMILES string of the molecule is C1CC2CCC1CC2.[N].[N]. The molecule has 2 nitrogen and oxygen atoms in total. The van der Waals surface area contributed by atoms with Gasteiger partial charge in [-0.05, 0) is 11.8 Å². The molecule has 3 aliphatic rings. The fourth-order valence-corrected chi connectivity index (χ4v) is 2.28. The van der Waals surface area contributed by atoms with Gasteiger partial charge >= 0.3 is 0 Å². The zero-order valence-corrected chi connectivity index (χ0v) is 6.29. The zero-order chi connectivity index (χ0) is 5.40. The van der Waals surface area contributed by atoms with Gasteiger partial charge in [0.2, 0.25) is 0 Å². The van der Waals surface area contributed by atoms with Crippen LogP contribution >= 0.6 is 0 Å². The second-order valence-corrected chi connectivity index (χ2v) is 3.46. The van der Waals surface area contributed by atoms with Gasteiger partial charge in [-0.25, -0.2) is 0 Å². The Labute approximate surface area is 63.6 Å². The summed E-state index contributed by atoms with van der Waals surface area (Å²) in [6.45, 7) is 0. The summed E-state index contributed by atoms with van der Waals surface area (Å²) in [5.41, 5.74) is 0. The van der Waals surface area contributed by atoms with E-state index in [4.69, 9.17) is 0 Å². The van der Waals surface area contributed by atoms with Gasteiger partial charge in [0.15, 0.2) is 0 Å². The molecule has 0 spiro atoms. The molecule has 0 aliphatic heterocycles. The van der Waals surface area contributed by atoms with Gasteiger partial charge in [0.1, 0.15) is 0 Å². The number of hydrogen-bond donors (Lipinski definition) is 0. The fourth-order valence-electron chi connectivity index (χ4n) is 2.28. The first kappa shape index (κ1) is 9.92. The molecule has 0 amide bonds. The lowest BCUT2D eigenvalue weighted by Gasteiger charge is -2.35. The largest absolute Gasteiger partial charge is 0.0502 e. The van der Waals surface area contributed by atoms with Crippen molar-refractivity contribution >= 4 is 0 Å². The highest BCUT2D eigenvalue weighted by molar-refractivity contribution is 4.79. The van der Waals surface area contributed by atoms with Crippen molar-refractivity contribution in [2.45, 2.75) is 38.5 Å². The fraction of sp³-hybridized carbons (Fsp3) is 1.00. The first-order chi connectivity index (χ1) is 3.95. The second-order valence-electron chi connectivity index (χ2n) is 3.46. The van der Waals surface area contributed by atoms with Crippen molar-refractivity contribution in [1.29, 1.82) is 0 Å². The third kappa shape index (κ3) is 1.70. The molecule has 3 rings (SSSR count). The van der Waals surface area contributed by atoms with Crippen molar-refractivity contribution in [3.05, 3.63) is 0 Å². The second kappa shape index (κ2) is 3.94. The summed E-state index contributed by atoms with van der Waals surface area (Å²) in [6, 6.07) is 0. The average Bonchev–Trinajstić information content (AvgIpc) is 1.92. The smallest absolute Gasteiger partial charge is 0 e. The van der Waals surface area contributed by atoms with E-state index in [1.54, 1.807) is 38.5 Å². The molecule has 56 valence electrons. The van der Waals surface area contributed by atoms with Crippen LogP contribution in [0.1, 0.15) is 38.5 Å². The van der Waals surface area contributed by atoms with Crippen LogP contribution in [0.25, 0.3) is 0 Å². The Kier molecular flexibility index (Phi) is 3.91. The third-order valence-corrected chi connectivity index (χ3v) is 2.95. The van der Waals surface area contributed by atoms with Crippen molar-refractivity contribution in [3.63, 3.8) is 0 Å². The van der Waals surface area contributed by atoms with Crippen LogP contribution in [0, 0.1) is 11.8 Å². The quantitative estimate of drug-likeness (QED) is 0.488. The average molecular weight is 138 g/mol. The summed E-state index contributed by atoms with van der Waals surface area (Å²) >= 11 is 0. The Morgan fingerprint density at radius 3 is 0.800 bits per heavy atom. The van der Waals surface area contributed by atoms with Crippen LogP contribution in [-0.4, -0.2) is 0 Å². The van der Waals surface area contributed by atoms with Gasteiger partial charge in [0.05, 0.1) is 0 Å². The van der Waals surface area contributed by atoms with Crippen molar-refractivity contribution in [2.75, 3.05) is 0 Å². The molecule has 0 atom stereocenters. The van der Waals surface area contributed by atoms with Gasteiger partial charge in [-0.3, -0.25) is 0 Å². The Morgan fingerprint density at radius 2 is 0.700 bits per heavy atom. The Hall–Kier alpha value is -0.0800. The highest BCUT2D eigenvalue weighted by Crippen LogP contribution is 2.40. The number of nitrogens with zero attached hydrogens (tertiary/aromatic N) is 2. The highest BCUT2D eigenvalue weighted by atomic mass is 14.3. The Morgan fingerprint density at radius 1 is 0.500 bits per heavy atom. The summed E-state index contributed by atoms with van der Waals surface area (Å²) in [4.78, 5) is 0. The summed E-state index contributed by atoms with van der Waals surface area (Å²) in [5.74, 6) is 2.31. The van der Waals surface area contributed by atoms with Crippen molar-refractivity contribution in [2.24, 2.45) is 11.8 Å². The normalized spacial score (nSPS) is 36.0. The molecule has 3 fully saturated rings. The molecule has 0 aromatic carbocycles. The van der Waals surface area contributed by atoms with E-state index in [2.05, 4.69) is 0 Å². The molecular formula is C8H14N2. The van der Waals surface area contributed by atoms with E-state index in [0.29, 0.717) is 0 Å². The van der Waals surface area contributed by atoms with Gasteiger partial charge in [-0.2, -0.15) is 0 Å². The van der Waals surface area contributed by atoms with E-state index >= 15 is 0 Å².